The van der Waals surface area contributed by atoms with Gasteiger partial charge in [0.25, 0.3) is 0 Å². The fraction of sp³-hybridized carbons (Fsp3) is 0.182. The van der Waals surface area contributed by atoms with Crippen molar-refractivity contribution in [1.29, 1.82) is 0 Å². The molecule has 2 aromatic heterocycles. The first kappa shape index (κ1) is 11.5. The SMILES string of the molecule is CCOC(=O)c1cnc2c(C(=O)O)csc2c1. The molecule has 0 unspecified atom stereocenters. The van der Waals surface area contributed by atoms with Gasteiger partial charge in [-0.25, -0.2) is 9.59 Å². The van der Waals surface area contributed by atoms with Crippen LogP contribution in [0.15, 0.2) is 17.6 Å². The van der Waals surface area contributed by atoms with Crippen LogP contribution < -0.4 is 0 Å². The Morgan fingerprint density at radius 1 is 1.53 bits per heavy atom. The molecule has 0 amide bonds. The van der Waals surface area contributed by atoms with E-state index in [-0.39, 0.29) is 5.56 Å². The molecule has 17 heavy (non-hydrogen) atoms. The normalized spacial score (nSPS) is 10.4. The van der Waals surface area contributed by atoms with Crippen molar-refractivity contribution >= 4 is 33.5 Å². The number of hydrogen-bond acceptors (Lipinski definition) is 5. The summed E-state index contributed by atoms with van der Waals surface area (Å²) in [6.45, 7) is 2.01. The van der Waals surface area contributed by atoms with Gasteiger partial charge in [-0.05, 0) is 13.0 Å². The molecule has 1 N–H and O–H groups in total. The Hall–Kier alpha value is -1.95. The number of fused-ring (bicyclic) bond motifs is 1. The van der Waals surface area contributed by atoms with Crippen molar-refractivity contribution < 1.29 is 19.4 Å². The van der Waals surface area contributed by atoms with Crippen LogP contribution in [0.3, 0.4) is 0 Å². The molecule has 0 aliphatic carbocycles. The minimum Gasteiger partial charge on any atom is -0.478 e. The van der Waals surface area contributed by atoms with E-state index in [2.05, 4.69) is 4.98 Å². The first-order chi connectivity index (χ1) is 8.13. The summed E-state index contributed by atoms with van der Waals surface area (Å²) in [7, 11) is 0. The third-order valence-electron chi connectivity index (χ3n) is 2.15. The highest BCUT2D eigenvalue weighted by molar-refractivity contribution is 7.17. The van der Waals surface area contributed by atoms with E-state index in [0.717, 1.165) is 0 Å². The number of thiophene rings is 1. The van der Waals surface area contributed by atoms with E-state index >= 15 is 0 Å². The van der Waals surface area contributed by atoms with E-state index in [4.69, 9.17) is 9.84 Å². The maximum Gasteiger partial charge on any atom is 0.339 e. The van der Waals surface area contributed by atoms with Crippen molar-refractivity contribution in [2.24, 2.45) is 0 Å². The number of carboxylic acid groups (broad SMARTS) is 1. The number of nitrogens with zero attached hydrogens (tertiary/aromatic N) is 1. The number of rotatable bonds is 3. The zero-order valence-electron chi connectivity index (χ0n) is 8.97. The summed E-state index contributed by atoms with van der Waals surface area (Å²) >= 11 is 1.24. The van der Waals surface area contributed by atoms with Crippen LogP contribution in [-0.2, 0) is 4.74 Å². The van der Waals surface area contributed by atoms with Crippen LogP contribution in [-0.4, -0.2) is 28.6 Å². The first-order valence-corrected chi connectivity index (χ1v) is 5.79. The van der Waals surface area contributed by atoms with Gasteiger partial charge < -0.3 is 9.84 Å². The zero-order chi connectivity index (χ0) is 12.4. The number of pyridine rings is 1. The Morgan fingerprint density at radius 2 is 2.29 bits per heavy atom. The van der Waals surface area contributed by atoms with Crippen molar-refractivity contribution in [2.45, 2.75) is 6.92 Å². The zero-order valence-corrected chi connectivity index (χ0v) is 9.78. The van der Waals surface area contributed by atoms with Gasteiger partial charge in [0.2, 0.25) is 0 Å². The number of aromatic nitrogens is 1. The summed E-state index contributed by atoms with van der Waals surface area (Å²) in [6.07, 6.45) is 1.33. The third-order valence-corrected chi connectivity index (χ3v) is 3.07. The molecule has 6 heteroatoms. The Balaban J connectivity index is 2.46. The summed E-state index contributed by atoms with van der Waals surface area (Å²) in [5.41, 5.74) is 0.883. The van der Waals surface area contributed by atoms with Crippen LogP contribution in [0, 0.1) is 0 Å². The summed E-state index contributed by atoms with van der Waals surface area (Å²) < 4.78 is 5.50. The van der Waals surface area contributed by atoms with Crippen LogP contribution in [0.25, 0.3) is 10.2 Å². The molecule has 2 rings (SSSR count). The van der Waals surface area contributed by atoms with Gasteiger partial charge >= 0.3 is 11.9 Å². The van der Waals surface area contributed by atoms with Crippen LogP contribution in [0.5, 0.6) is 0 Å². The second-order valence-electron chi connectivity index (χ2n) is 3.25. The van der Waals surface area contributed by atoms with Gasteiger partial charge in [-0.2, -0.15) is 0 Å². The smallest absolute Gasteiger partial charge is 0.339 e. The molecular formula is C11H9NO4S. The average molecular weight is 251 g/mol. The molecule has 0 bridgehead atoms. The summed E-state index contributed by atoms with van der Waals surface area (Å²) in [4.78, 5) is 26.3. The fourth-order valence-corrected chi connectivity index (χ4v) is 2.32. The van der Waals surface area contributed by atoms with Gasteiger partial charge in [-0.3, -0.25) is 4.98 Å². The van der Waals surface area contributed by atoms with Crippen LogP contribution in [0.1, 0.15) is 27.6 Å². The Kier molecular flexibility index (Phi) is 3.06. The average Bonchev–Trinajstić information content (AvgIpc) is 2.71. The molecule has 0 fully saturated rings. The number of hydrogen-bond donors (Lipinski definition) is 1. The standard InChI is InChI=1S/C11H9NO4S/c1-2-16-11(15)6-3-8-9(12-4-6)7(5-17-8)10(13)14/h3-5H,2H2,1H3,(H,13,14). The molecule has 0 aliphatic heterocycles. The van der Waals surface area contributed by atoms with Gasteiger partial charge in [0.05, 0.1) is 28.0 Å². The summed E-state index contributed by atoms with van der Waals surface area (Å²) in [5, 5.41) is 10.4. The van der Waals surface area contributed by atoms with Crippen LogP contribution >= 0.6 is 11.3 Å². The molecule has 88 valence electrons. The minimum atomic E-state index is -1.02. The molecule has 0 aromatic carbocycles. The predicted molar refractivity (Wildman–Crippen MR) is 62.5 cm³/mol. The summed E-state index contributed by atoms with van der Waals surface area (Å²) in [6, 6.07) is 1.59. The molecular weight excluding hydrogens is 242 g/mol. The molecule has 0 saturated carbocycles. The van der Waals surface area contributed by atoms with E-state index in [9.17, 15) is 9.59 Å². The number of carbonyl (C=O) groups excluding carboxylic acids is 1. The monoisotopic (exact) mass is 251 g/mol. The number of ether oxygens (including phenoxy) is 1. The van der Waals surface area contributed by atoms with E-state index in [1.165, 1.54) is 22.9 Å². The third kappa shape index (κ3) is 2.12. The van der Waals surface area contributed by atoms with Gasteiger partial charge in [0.1, 0.15) is 0 Å². The fourth-order valence-electron chi connectivity index (χ4n) is 1.39. The molecule has 0 atom stereocenters. The minimum absolute atomic E-state index is 0.153. The van der Waals surface area contributed by atoms with E-state index in [1.54, 1.807) is 13.0 Å². The van der Waals surface area contributed by atoms with Crippen molar-refractivity contribution in [2.75, 3.05) is 6.61 Å². The topological polar surface area (TPSA) is 76.5 Å². The molecule has 2 aromatic rings. The van der Waals surface area contributed by atoms with Crippen molar-refractivity contribution in [3.8, 4) is 0 Å². The number of aromatic carboxylic acids is 1. The molecule has 0 saturated heterocycles. The summed E-state index contributed by atoms with van der Waals surface area (Å²) in [5.74, 6) is -1.47. The Bertz CT molecular complexity index is 590. The highest BCUT2D eigenvalue weighted by Crippen LogP contribution is 2.25. The molecule has 0 aliphatic rings. The lowest BCUT2D eigenvalue weighted by Gasteiger charge is -2.00. The number of carbonyl (C=O) groups is 2. The Labute approximate surface area is 101 Å². The maximum absolute atomic E-state index is 11.5. The van der Waals surface area contributed by atoms with E-state index in [1.807, 2.05) is 0 Å². The maximum atomic E-state index is 11.5. The van der Waals surface area contributed by atoms with Crippen LogP contribution in [0.2, 0.25) is 0 Å². The van der Waals surface area contributed by atoms with E-state index in [0.29, 0.717) is 22.4 Å². The van der Waals surface area contributed by atoms with Gasteiger partial charge in [0, 0.05) is 11.6 Å². The first-order valence-electron chi connectivity index (χ1n) is 4.91. The largest absolute Gasteiger partial charge is 0.478 e. The number of esters is 1. The lowest BCUT2D eigenvalue weighted by atomic mass is 10.2. The number of carboxylic acids is 1. The molecule has 2 heterocycles. The van der Waals surface area contributed by atoms with Crippen LogP contribution in [0.4, 0.5) is 0 Å². The highest BCUT2D eigenvalue weighted by atomic mass is 32.1. The van der Waals surface area contributed by atoms with Gasteiger partial charge in [0.15, 0.2) is 0 Å². The Morgan fingerprint density at radius 3 is 2.94 bits per heavy atom. The van der Waals surface area contributed by atoms with Gasteiger partial charge in [-0.15, -0.1) is 11.3 Å². The molecule has 0 spiro atoms. The second kappa shape index (κ2) is 4.50. The lowest BCUT2D eigenvalue weighted by Crippen LogP contribution is -2.05. The molecule has 5 nitrogen and oxygen atoms in total. The van der Waals surface area contributed by atoms with Crippen molar-refractivity contribution in [3.63, 3.8) is 0 Å². The lowest BCUT2D eigenvalue weighted by molar-refractivity contribution is 0.0525. The van der Waals surface area contributed by atoms with E-state index < -0.39 is 11.9 Å². The second-order valence-corrected chi connectivity index (χ2v) is 4.16. The van der Waals surface area contributed by atoms with Gasteiger partial charge in [-0.1, -0.05) is 0 Å². The highest BCUT2D eigenvalue weighted by Gasteiger charge is 2.14. The molecule has 0 radical (unpaired) electrons. The quantitative estimate of drug-likeness (QED) is 0.846. The predicted octanol–water partition coefficient (Wildman–Crippen LogP) is 2.17. The van der Waals surface area contributed by atoms with Crippen molar-refractivity contribution in [3.05, 3.63) is 28.8 Å². The van der Waals surface area contributed by atoms with Crippen molar-refractivity contribution in [1.82, 2.24) is 4.98 Å².